The summed E-state index contributed by atoms with van der Waals surface area (Å²) >= 11 is 2.16. The molecule has 0 bridgehead atoms. The molecule has 0 fully saturated rings. The molecule has 1 heterocycles. The lowest BCUT2D eigenvalue weighted by atomic mass is 10.1. The Balaban J connectivity index is 1.95. The summed E-state index contributed by atoms with van der Waals surface area (Å²) in [6, 6.07) is 11.3. The summed E-state index contributed by atoms with van der Waals surface area (Å²) < 4.78 is 17.2. The van der Waals surface area contributed by atoms with Gasteiger partial charge in [0.25, 0.3) is 0 Å². The lowest BCUT2D eigenvalue weighted by Crippen LogP contribution is -2.05. The first-order chi connectivity index (χ1) is 13.0. The number of cyclic esters (lactones) is 1. The highest BCUT2D eigenvalue weighted by atomic mass is 127. The first-order valence-electron chi connectivity index (χ1n) is 8.22. The van der Waals surface area contributed by atoms with Crippen LogP contribution in [0.2, 0.25) is 0 Å². The van der Waals surface area contributed by atoms with Gasteiger partial charge in [-0.25, -0.2) is 9.79 Å². The molecule has 0 saturated heterocycles. The average Bonchev–Trinajstić information content (AvgIpc) is 3.01. The Labute approximate surface area is 171 Å². The van der Waals surface area contributed by atoms with E-state index in [2.05, 4.69) is 34.2 Å². The van der Waals surface area contributed by atoms with Crippen molar-refractivity contribution in [3.63, 3.8) is 0 Å². The predicted molar refractivity (Wildman–Crippen MR) is 113 cm³/mol. The summed E-state index contributed by atoms with van der Waals surface area (Å²) in [7, 11) is 1.57. The van der Waals surface area contributed by atoms with Crippen molar-refractivity contribution in [2.24, 2.45) is 4.99 Å². The number of rotatable bonds is 6. The third-order valence-corrected chi connectivity index (χ3v) is 4.59. The number of aryl methyl sites for hydroxylation is 1. The topological polar surface area (TPSA) is 57.1 Å². The van der Waals surface area contributed by atoms with Crippen molar-refractivity contribution in [3.05, 3.63) is 75.0 Å². The van der Waals surface area contributed by atoms with Crippen LogP contribution in [0.3, 0.4) is 0 Å². The number of hydrogen-bond acceptors (Lipinski definition) is 5. The number of carbonyl (C=O) groups is 1. The molecule has 0 N–H and O–H groups in total. The molecule has 5 nitrogen and oxygen atoms in total. The maximum atomic E-state index is 12.2. The van der Waals surface area contributed by atoms with Crippen molar-refractivity contribution >= 4 is 40.5 Å². The number of halogens is 1. The average molecular weight is 475 g/mol. The molecule has 0 saturated carbocycles. The third-order valence-electron chi connectivity index (χ3n) is 3.79. The highest BCUT2D eigenvalue weighted by Crippen LogP contribution is 2.35. The largest absolute Gasteiger partial charge is 0.493 e. The van der Waals surface area contributed by atoms with E-state index in [1.165, 1.54) is 0 Å². The highest BCUT2D eigenvalue weighted by Gasteiger charge is 2.24. The molecule has 0 spiro atoms. The molecule has 138 valence electrons. The van der Waals surface area contributed by atoms with E-state index in [9.17, 15) is 4.79 Å². The molecule has 3 rings (SSSR count). The fraction of sp³-hybridized carbons (Fsp3) is 0.143. The van der Waals surface area contributed by atoms with Gasteiger partial charge in [0.2, 0.25) is 5.90 Å². The van der Waals surface area contributed by atoms with Crippen molar-refractivity contribution in [2.45, 2.75) is 6.92 Å². The van der Waals surface area contributed by atoms with Gasteiger partial charge in [0.15, 0.2) is 17.2 Å². The molecule has 1 aliphatic heterocycles. The lowest BCUT2D eigenvalue weighted by Gasteiger charge is -2.12. The number of aliphatic imine (C=N–C) groups is 1. The zero-order chi connectivity index (χ0) is 19.4. The lowest BCUT2D eigenvalue weighted by molar-refractivity contribution is -0.129. The van der Waals surface area contributed by atoms with Crippen LogP contribution < -0.4 is 9.47 Å². The molecule has 0 amide bonds. The number of hydrogen-bond donors (Lipinski definition) is 0. The fourth-order valence-electron chi connectivity index (χ4n) is 2.57. The fourth-order valence-corrected chi connectivity index (χ4v) is 3.36. The van der Waals surface area contributed by atoms with Crippen LogP contribution in [-0.2, 0) is 9.53 Å². The van der Waals surface area contributed by atoms with Crippen LogP contribution in [0, 0.1) is 10.5 Å². The second-order valence-electron chi connectivity index (χ2n) is 5.84. The monoisotopic (exact) mass is 475 g/mol. The Hall–Kier alpha value is -2.61. The van der Waals surface area contributed by atoms with Crippen LogP contribution in [0.4, 0.5) is 0 Å². The Morgan fingerprint density at radius 2 is 2.11 bits per heavy atom. The van der Waals surface area contributed by atoms with Crippen LogP contribution in [0.1, 0.15) is 16.7 Å². The zero-order valence-electron chi connectivity index (χ0n) is 15.0. The molecule has 0 radical (unpaired) electrons. The van der Waals surface area contributed by atoms with Crippen molar-refractivity contribution in [3.8, 4) is 11.5 Å². The maximum absolute atomic E-state index is 12.2. The van der Waals surface area contributed by atoms with Crippen LogP contribution >= 0.6 is 22.6 Å². The van der Waals surface area contributed by atoms with Crippen LogP contribution in [-0.4, -0.2) is 25.6 Å². The van der Waals surface area contributed by atoms with Gasteiger partial charge in [0.05, 0.1) is 10.7 Å². The van der Waals surface area contributed by atoms with Crippen LogP contribution in [0.15, 0.2) is 59.7 Å². The van der Waals surface area contributed by atoms with Gasteiger partial charge in [-0.05, 0) is 65.4 Å². The summed E-state index contributed by atoms with van der Waals surface area (Å²) in [4.78, 5) is 16.6. The second kappa shape index (κ2) is 8.39. The molecule has 0 aromatic heterocycles. The number of methoxy groups -OCH3 is 1. The number of ether oxygens (including phenoxy) is 3. The molecule has 6 heteroatoms. The van der Waals surface area contributed by atoms with Gasteiger partial charge in [-0.2, -0.15) is 0 Å². The first kappa shape index (κ1) is 19.2. The smallest absolute Gasteiger partial charge is 0.363 e. The van der Waals surface area contributed by atoms with E-state index >= 15 is 0 Å². The van der Waals surface area contributed by atoms with Crippen molar-refractivity contribution < 1.29 is 19.0 Å². The van der Waals surface area contributed by atoms with Gasteiger partial charge in [-0.1, -0.05) is 30.4 Å². The molecule has 2 aromatic carbocycles. The minimum absolute atomic E-state index is 0.240. The zero-order valence-corrected chi connectivity index (χ0v) is 17.1. The summed E-state index contributed by atoms with van der Waals surface area (Å²) in [5.41, 5.74) is 2.85. The molecule has 27 heavy (non-hydrogen) atoms. The van der Waals surface area contributed by atoms with Gasteiger partial charge in [-0.3, -0.25) is 0 Å². The van der Waals surface area contributed by atoms with E-state index in [0.29, 0.717) is 24.0 Å². The maximum Gasteiger partial charge on any atom is 0.363 e. The quantitative estimate of drug-likeness (QED) is 0.267. The van der Waals surface area contributed by atoms with E-state index < -0.39 is 5.97 Å². The summed E-state index contributed by atoms with van der Waals surface area (Å²) in [6.45, 7) is 6.00. The highest BCUT2D eigenvalue weighted by molar-refractivity contribution is 14.1. The first-order valence-corrected chi connectivity index (χ1v) is 9.30. The van der Waals surface area contributed by atoms with Gasteiger partial charge < -0.3 is 14.2 Å². The summed E-state index contributed by atoms with van der Waals surface area (Å²) in [5, 5.41) is 0. The molecule has 0 unspecified atom stereocenters. The number of benzene rings is 2. The van der Waals surface area contributed by atoms with Gasteiger partial charge in [0.1, 0.15) is 6.61 Å². The normalized spacial score (nSPS) is 14.7. The van der Waals surface area contributed by atoms with Crippen molar-refractivity contribution in [1.82, 2.24) is 0 Å². The van der Waals surface area contributed by atoms with E-state index in [0.717, 1.165) is 20.3 Å². The minimum atomic E-state index is -0.479. The molecule has 2 aromatic rings. The standard InChI is InChI=1S/C21H18INO4/c1-4-8-26-19-16(22)10-14(12-18(19)25-3)11-17-21(24)27-20(23-17)15-7-5-6-13(2)9-15/h4-7,9-12H,1,8H2,2-3H3. The molecular weight excluding hydrogens is 457 g/mol. The van der Waals surface area contributed by atoms with Gasteiger partial charge in [-0.15, -0.1) is 0 Å². The van der Waals surface area contributed by atoms with Crippen LogP contribution in [0.25, 0.3) is 6.08 Å². The van der Waals surface area contributed by atoms with Gasteiger partial charge in [0, 0.05) is 5.56 Å². The van der Waals surface area contributed by atoms with Gasteiger partial charge >= 0.3 is 5.97 Å². The number of esters is 1. The second-order valence-corrected chi connectivity index (χ2v) is 7.00. The molecule has 1 aliphatic rings. The molecule has 0 atom stereocenters. The van der Waals surface area contributed by atoms with Crippen molar-refractivity contribution in [1.29, 1.82) is 0 Å². The molecular formula is C21H18INO4. The third kappa shape index (κ3) is 4.39. The SMILES string of the molecule is C=CCOc1c(I)cc(C=C2N=C(c3cccc(C)c3)OC2=O)cc1OC. The predicted octanol–water partition coefficient (Wildman–Crippen LogP) is 4.52. The number of carbonyl (C=O) groups excluding carboxylic acids is 1. The number of nitrogens with zero attached hydrogens (tertiary/aromatic N) is 1. The minimum Gasteiger partial charge on any atom is -0.493 e. The Morgan fingerprint density at radius 3 is 2.81 bits per heavy atom. The molecule has 0 aliphatic carbocycles. The van der Waals surface area contributed by atoms with E-state index in [1.807, 2.05) is 37.3 Å². The van der Waals surface area contributed by atoms with E-state index in [4.69, 9.17) is 14.2 Å². The summed E-state index contributed by atoms with van der Waals surface area (Å²) in [6.07, 6.45) is 3.34. The Kier molecular flexibility index (Phi) is 5.95. The summed E-state index contributed by atoms with van der Waals surface area (Å²) in [5.74, 6) is 1.04. The Morgan fingerprint density at radius 1 is 1.30 bits per heavy atom. The van der Waals surface area contributed by atoms with E-state index in [1.54, 1.807) is 25.3 Å². The van der Waals surface area contributed by atoms with Crippen molar-refractivity contribution in [2.75, 3.05) is 13.7 Å². The van der Waals surface area contributed by atoms with Crippen LogP contribution in [0.5, 0.6) is 11.5 Å². The Bertz CT molecular complexity index is 963. The van der Waals surface area contributed by atoms with E-state index in [-0.39, 0.29) is 5.70 Å².